The highest BCUT2D eigenvalue weighted by molar-refractivity contribution is 5.80. The molecule has 0 radical (unpaired) electrons. The molecule has 1 saturated carbocycles. The van der Waals surface area contributed by atoms with E-state index in [2.05, 4.69) is 36.3 Å². The van der Waals surface area contributed by atoms with E-state index in [0.29, 0.717) is 18.7 Å². The third-order valence-electron chi connectivity index (χ3n) is 7.67. The quantitative estimate of drug-likeness (QED) is 0.654. The summed E-state index contributed by atoms with van der Waals surface area (Å²) in [7, 11) is 5.08. The van der Waals surface area contributed by atoms with Crippen LogP contribution in [0.2, 0.25) is 0 Å². The standard InChI is InChI=1S/C26H33F3N4O/c1-25(2)20-9-7-6-8-16(20)14-21(25)31-22-11-10-17(15-30-22)23(26(27,28)29)33(5)24(34)18-12-19(13-18)32(3)4/h6-11,15,18-19,21,23H,12-14H2,1-5H3,(H,30,31)/t18-,19-,21?,23-/m0/s1. The van der Waals surface area contributed by atoms with Crippen molar-refractivity contribution in [2.24, 2.45) is 5.92 Å². The largest absolute Gasteiger partial charge is 0.413 e. The number of pyridine rings is 1. The Hall–Kier alpha value is -2.61. The highest BCUT2D eigenvalue weighted by Gasteiger charge is 2.48. The lowest BCUT2D eigenvalue weighted by molar-refractivity contribution is -0.192. The van der Waals surface area contributed by atoms with Crippen LogP contribution in [-0.4, -0.2) is 60.1 Å². The van der Waals surface area contributed by atoms with Crippen molar-refractivity contribution in [3.05, 3.63) is 59.3 Å². The molecule has 2 aliphatic rings. The molecule has 4 rings (SSSR count). The normalized spacial score (nSPS) is 24.3. The summed E-state index contributed by atoms with van der Waals surface area (Å²) in [4.78, 5) is 20.0. The molecule has 5 nitrogen and oxygen atoms in total. The molecule has 1 amide bonds. The number of amides is 1. The molecule has 0 bridgehead atoms. The number of carbonyl (C=O) groups is 1. The van der Waals surface area contributed by atoms with E-state index >= 15 is 0 Å². The van der Waals surface area contributed by atoms with E-state index < -0.39 is 18.1 Å². The molecular weight excluding hydrogens is 441 g/mol. The number of benzene rings is 1. The van der Waals surface area contributed by atoms with Crippen molar-refractivity contribution >= 4 is 11.7 Å². The number of anilines is 1. The zero-order chi connectivity index (χ0) is 24.8. The lowest BCUT2D eigenvalue weighted by atomic mass is 9.78. The third-order valence-corrected chi connectivity index (χ3v) is 7.67. The van der Waals surface area contributed by atoms with Gasteiger partial charge >= 0.3 is 6.18 Å². The number of nitrogens with zero attached hydrogens (tertiary/aromatic N) is 3. The van der Waals surface area contributed by atoms with Crippen LogP contribution in [0.3, 0.4) is 0 Å². The van der Waals surface area contributed by atoms with E-state index in [1.54, 1.807) is 6.07 Å². The van der Waals surface area contributed by atoms with Gasteiger partial charge in [-0.15, -0.1) is 0 Å². The Balaban J connectivity index is 1.48. The van der Waals surface area contributed by atoms with Crippen LogP contribution in [0.25, 0.3) is 0 Å². The Labute approximate surface area is 199 Å². The second-order valence-electron chi connectivity index (χ2n) is 10.4. The zero-order valence-corrected chi connectivity index (χ0v) is 20.4. The van der Waals surface area contributed by atoms with Gasteiger partial charge in [-0.25, -0.2) is 4.98 Å². The number of carbonyl (C=O) groups excluding carboxylic acids is 1. The van der Waals surface area contributed by atoms with E-state index in [9.17, 15) is 18.0 Å². The second-order valence-corrected chi connectivity index (χ2v) is 10.4. The summed E-state index contributed by atoms with van der Waals surface area (Å²) in [6.07, 6.45) is -1.36. The van der Waals surface area contributed by atoms with Crippen LogP contribution in [0.1, 0.15) is 49.4 Å². The minimum absolute atomic E-state index is 0.0358. The molecule has 2 atom stereocenters. The van der Waals surface area contributed by atoms with Crippen molar-refractivity contribution in [1.29, 1.82) is 0 Å². The van der Waals surface area contributed by atoms with E-state index in [-0.39, 0.29) is 29.0 Å². The molecular formula is C26H33F3N4O. The van der Waals surface area contributed by atoms with Crippen molar-refractivity contribution in [1.82, 2.24) is 14.8 Å². The smallest absolute Gasteiger partial charge is 0.366 e. The Bertz CT molecular complexity index is 1030. The summed E-state index contributed by atoms with van der Waals surface area (Å²) in [5, 5.41) is 3.41. The molecule has 34 heavy (non-hydrogen) atoms. The van der Waals surface area contributed by atoms with Gasteiger partial charge in [-0.05, 0) is 50.6 Å². The first kappa shape index (κ1) is 24.5. The van der Waals surface area contributed by atoms with Crippen LogP contribution in [0, 0.1) is 5.92 Å². The number of fused-ring (bicyclic) bond motifs is 1. The molecule has 1 unspecified atom stereocenters. The monoisotopic (exact) mass is 474 g/mol. The predicted molar refractivity (Wildman–Crippen MR) is 127 cm³/mol. The molecule has 1 fully saturated rings. The molecule has 184 valence electrons. The van der Waals surface area contributed by atoms with E-state index in [0.717, 1.165) is 11.3 Å². The van der Waals surface area contributed by atoms with E-state index in [1.165, 1.54) is 30.4 Å². The number of halogens is 3. The SMILES string of the molecule is CN(C(=O)[C@H]1C[C@H](N(C)C)C1)[C@@H](c1ccc(NC2Cc3ccccc3C2(C)C)nc1)C(F)(F)F. The number of nitrogens with one attached hydrogen (secondary N) is 1. The molecule has 1 heterocycles. The number of aromatic nitrogens is 1. The predicted octanol–water partition coefficient (Wildman–Crippen LogP) is 4.80. The average Bonchev–Trinajstić information content (AvgIpc) is 2.97. The molecule has 1 aromatic heterocycles. The van der Waals surface area contributed by atoms with Gasteiger partial charge < -0.3 is 15.1 Å². The van der Waals surface area contributed by atoms with Crippen molar-refractivity contribution in [2.45, 2.75) is 62.8 Å². The van der Waals surface area contributed by atoms with Crippen LogP contribution in [-0.2, 0) is 16.6 Å². The Kier molecular flexibility index (Phi) is 6.40. The van der Waals surface area contributed by atoms with Crippen LogP contribution < -0.4 is 5.32 Å². The molecule has 1 N–H and O–H groups in total. The minimum atomic E-state index is -4.60. The molecule has 0 aliphatic heterocycles. The number of hydrogen-bond donors (Lipinski definition) is 1. The summed E-state index contributed by atoms with van der Waals surface area (Å²) in [6.45, 7) is 4.32. The topological polar surface area (TPSA) is 48.5 Å². The van der Waals surface area contributed by atoms with Gasteiger partial charge in [-0.2, -0.15) is 13.2 Å². The average molecular weight is 475 g/mol. The van der Waals surface area contributed by atoms with Crippen molar-refractivity contribution in [3.63, 3.8) is 0 Å². The van der Waals surface area contributed by atoms with Gasteiger partial charge in [0, 0.05) is 42.2 Å². The van der Waals surface area contributed by atoms with Crippen LogP contribution in [0.5, 0.6) is 0 Å². The molecule has 1 aromatic carbocycles. The number of alkyl halides is 3. The van der Waals surface area contributed by atoms with Crippen LogP contribution in [0.4, 0.5) is 19.0 Å². The van der Waals surface area contributed by atoms with Gasteiger partial charge in [0.25, 0.3) is 0 Å². The Morgan fingerprint density at radius 2 is 1.79 bits per heavy atom. The maximum absolute atomic E-state index is 14.0. The lowest BCUT2D eigenvalue weighted by Gasteiger charge is -2.42. The van der Waals surface area contributed by atoms with Gasteiger partial charge in [0.1, 0.15) is 5.82 Å². The summed E-state index contributed by atoms with van der Waals surface area (Å²) in [5.41, 5.74) is 2.37. The highest BCUT2D eigenvalue weighted by atomic mass is 19.4. The molecule has 8 heteroatoms. The van der Waals surface area contributed by atoms with E-state index in [4.69, 9.17) is 0 Å². The molecule has 2 aliphatic carbocycles. The van der Waals surface area contributed by atoms with Crippen molar-refractivity contribution in [3.8, 4) is 0 Å². The fourth-order valence-electron chi connectivity index (χ4n) is 5.31. The summed E-state index contributed by atoms with van der Waals surface area (Å²) in [6, 6.07) is 9.58. The summed E-state index contributed by atoms with van der Waals surface area (Å²) in [5.74, 6) is -0.312. The maximum atomic E-state index is 14.0. The first-order chi connectivity index (χ1) is 15.9. The summed E-state index contributed by atoms with van der Waals surface area (Å²) >= 11 is 0. The van der Waals surface area contributed by atoms with Crippen molar-refractivity contribution < 1.29 is 18.0 Å². The van der Waals surface area contributed by atoms with Gasteiger partial charge in [-0.1, -0.05) is 44.2 Å². The number of hydrogen-bond acceptors (Lipinski definition) is 4. The lowest BCUT2D eigenvalue weighted by Crippen LogP contribution is -2.50. The fourth-order valence-corrected chi connectivity index (χ4v) is 5.31. The van der Waals surface area contributed by atoms with Crippen molar-refractivity contribution in [2.75, 3.05) is 26.5 Å². The maximum Gasteiger partial charge on any atom is 0.413 e. The molecule has 0 spiro atoms. The highest BCUT2D eigenvalue weighted by Crippen LogP contribution is 2.42. The Morgan fingerprint density at radius 1 is 1.12 bits per heavy atom. The summed E-state index contributed by atoms with van der Waals surface area (Å²) < 4.78 is 42.1. The van der Waals surface area contributed by atoms with Crippen LogP contribution >= 0.6 is 0 Å². The first-order valence-corrected chi connectivity index (χ1v) is 11.7. The third kappa shape index (κ3) is 4.52. The first-order valence-electron chi connectivity index (χ1n) is 11.7. The molecule has 0 saturated heterocycles. The van der Waals surface area contributed by atoms with Crippen LogP contribution in [0.15, 0.2) is 42.6 Å². The van der Waals surface area contributed by atoms with Gasteiger partial charge in [0.05, 0.1) is 0 Å². The molecule has 2 aromatic rings. The van der Waals surface area contributed by atoms with Gasteiger partial charge in [0.15, 0.2) is 6.04 Å². The van der Waals surface area contributed by atoms with Gasteiger partial charge in [-0.3, -0.25) is 4.79 Å². The zero-order valence-electron chi connectivity index (χ0n) is 20.4. The van der Waals surface area contributed by atoms with E-state index in [1.807, 2.05) is 31.1 Å². The Morgan fingerprint density at radius 3 is 2.35 bits per heavy atom. The second kappa shape index (κ2) is 8.87. The number of rotatable bonds is 6. The minimum Gasteiger partial charge on any atom is -0.366 e. The fraction of sp³-hybridized carbons (Fsp3) is 0.538. The van der Waals surface area contributed by atoms with Gasteiger partial charge in [0.2, 0.25) is 5.91 Å².